The molecule has 2 saturated heterocycles. The van der Waals surface area contributed by atoms with Crippen LogP contribution in [0, 0.1) is 5.41 Å². The van der Waals surface area contributed by atoms with Gasteiger partial charge in [0.25, 0.3) is 0 Å². The van der Waals surface area contributed by atoms with E-state index in [9.17, 15) is 9.59 Å². The maximum absolute atomic E-state index is 13.3. The van der Waals surface area contributed by atoms with Gasteiger partial charge in [-0.05, 0) is 45.1 Å². The third-order valence-corrected chi connectivity index (χ3v) is 7.47. The molecule has 3 aliphatic rings. The quantitative estimate of drug-likeness (QED) is 0.694. The molecule has 7 heteroatoms. The summed E-state index contributed by atoms with van der Waals surface area (Å²) in [6.45, 7) is 3.52. The molecule has 0 bridgehead atoms. The van der Waals surface area contributed by atoms with Crippen LogP contribution in [-0.2, 0) is 16.0 Å². The number of hydrogen-bond acceptors (Lipinski definition) is 5. The average molecular weight is 431 g/mol. The molecule has 7 nitrogen and oxygen atoms in total. The summed E-state index contributed by atoms with van der Waals surface area (Å²) in [6, 6.07) is 2.09. The van der Waals surface area contributed by atoms with Crippen molar-refractivity contribution in [3.8, 4) is 0 Å². The number of hydrogen-bond donors (Lipinski definition) is 0. The fraction of sp³-hybridized carbons (Fsp3) is 0.792. The van der Waals surface area contributed by atoms with Crippen LogP contribution in [0.1, 0.15) is 75.2 Å². The van der Waals surface area contributed by atoms with Crippen molar-refractivity contribution in [2.75, 3.05) is 46.8 Å². The van der Waals surface area contributed by atoms with Gasteiger partial charge in [-0.25, -0.2) is 0 Å². The Morgan fingerprint density at radius 2 is 1.81 bits per heavy atom. The molecule has 0 N–H and O–H groups in total. The maximum atomic E-state index is 13.3. The first kappa shape index (κ1) is 22.3. The smallest absolute Gasteiger partial charge is 0.236 e. The van der Waals surface area contributed by atoms with E-state index in [1.54, 1.807) is 4.90 Å². The Labute approximate surface area is 186 Å². The van der Waals surface area contributed by atoms with Gasteiger partial charge in [0, 0.05) is 52.1 Å². The van der Waals surface area contributed by atoms with E-state index >= 15 is 0 Å². The van der Waals surface area contributed by atoms with E-state index in [2.05, 4.69) is 16.1 Å². The molecule has 0 radical (unpaired) electrons. The molecule has 3 heterocycles. The number of aromatic nitrogens is 1. The number of carbonyl (C=O) groups is 2. The van der Waals surface area contributed by atoms with E-state index in [4.69, 9.17) is 4.52 Å². The lowest BCUT2D eigenvalue weighted by atomic mass is 9.80. The van der Waals surface area contributed by atoms with Crippen molar-refractivity contribution in [2.24, 2.45) is 5.41 Å². The SMILES string of the molecule is CN(C)C(=O)C1(Cc2cc(C3CCCCC3)no2)CCN(CC(=O)N2CCCCC2)C1. The standard InChI is InChI=1S/C24H38N4O3/c1-26(2)23(30)24(16-20-15-21(25-31-20)19-9-5-3-6-10-19)11-14-27(18-24)17-22(29)28-12-7-4-8-13-28/h15,19H,3-14,16-18H2,1-2H3. The van der Waals surface area contributed by atoms with Crippen LogP contribution in [0.3, 0.4) is 0 Å². The van der Waals surface area contributed by atoms with Gasteiger partial charge in [-0.3, -0.25) is 14.5 Å². The highest BCUT2D eigenvalue weighted by Crippen LogP contribution is 2.38. The van der Waals surface area contributed by atoms with Crippen molar-refractivity contribution in [2.45, 2.75) is 70.1 Å². The third kappa shape index (κ3) is 5.13. The van der Waals surface area contributed by atoms with E-state index in [1.165, 1.54) is 38.5 Å². The van der Waals surface area contributed by atoms with Crippen molar-refractivity contribution in [3.63, 3.8) is 0 Å². The summed E-state index contributed by atoms with van der Waals surface area (Å²) < 4.78 is 5.73. The van der Waals surface area contributed by atoms with Crippen LogP contribution in [0.25, 0.3) is 0 Å². The molecule has 1 unspecified atom stereocenters. The molecule has 1 atom stereocenters. The molecule has 1 aromatic rings. The summed E-state index contributed by atoms with van der Waals surface area (Å²) in [5.41, 5.74) is 0.506. The summed E-state index contributed by atoms with van der Waals surface area (Å²) in [7, 11) is 3.64. The van der Waals surface area contributed by atoms with Crippen molar-refractivity contribution in [1.82, 2.24) is 19.9 Å². The summed E-state index contributed by atoms with van der Waals surface area (Å²) in [6.07, 6.45) is 10.9. The van der Waals surface area contributed by atoms with Crippen LogP contribution >= 0.6 is 0 Å². The Bertz CT molecular complexity index is 765. The number of piperidine rings is 1. The monoisotopic (exact) mass is 430 g/mol. The highest BCUT2D eigenvalue weighted by atomic mass is 16.5. The lowest BCUT2D eigenvalue weighted by Crippen LogP contribution is -2.46. The molecular weight excluding hydrogens is 392 g/mol. The topological polar surface area (TPSA) is 69.9 Å². The Balaban J connectivity index is 1.43. The third-order valence-electron chi connectivity index (χ3n) is 7.47. The van der Waals surface area contributed by atoms with Crippen molar-refractivity contribution in [3.05, 3.63) is 17.5 Å². The molecule has 0 spiro atoms. The highest BCUT2D eigenvalue weighted by molar-refractivity contribution is 5.84. The number of likely N-dealkylation sites (tertiary alicyclic amines) is 2. The second kappa shape index (κ2) is 9.72. The van der Waals surface area contributed by atoms with Crippen LogP contribution in [-0.4, -0.2) is 78.5 Å². The van der Waals surface area contributed by atoms with Crippen molar-refractivity contribution < 1.29 is 14.1 Å². The zero-order valence-corrected chi connectivity index (χ0v) is 19.3. The second-order valence-electron chi connectivity index (χ2n) is 10.1. The average Bonchev–Trinajstić information content (AvgIpc) is 3.42. The van der Waals surface area contributed by atoms with Gasteiger partial charge in [-0.1, -0.05) is 24.4 Å². The molecule has 4 rings (SSSR count). The van der Waals surface area contributed by atoms with Gasteiger partial charge in [0.05, 0.1) is 17.7 Å². The van der Waals surface area contributed by atoms with Gasteiger partial charge in [0.15, 0.2) is 0 Å². The fourth-order valence-electron chi connectivity index (χ4n) is 5.73. The molecular formula is C24H38N4O3. The van der Waals surface area contributed by atoms with Gasteiger partial charge >= 0.3 is 0 Å². The minimum Gasteiger partial charge on any atom is -0.361 e. The number of nitrogens with zero attached hydrogens (tertiary/aromatic N) is 4. The first-order valence-electron chi connectivity index (χ1n) is 12.1. The normalized spacial score (nSPS) is 25.7. The molecule has 1 saturated carbocycles. The lowest BCUT2D eigenvalue weighted by molar-refractivity contribution is -0.140. The summed E-state index contributed by atoms with van der Waals surface area (Å²) in [5, 5.41) is 4.37. The summed E-state index contributed by atoms with van der Waals surface area (Å²) >= 11 is 0. The Kier molecular flexibility index (Phi) is 6.99. The fourth-order valence-corrected chi connectivity index (χ4v) is 5.73. The van der Waals surface area contributed by atoms with E-state index in [1.807, 2.05) is 19.0 Å². The number of carbonyl (C=O) groups excluding carboxylic acids is 2. The Morgan fingerprint density at radius 3 is 2.52 bits per heavy atom. The number of amides is 2. The zero-order valence-electron chi connectivity index (χ0n) is 19.3. The molecule has 1 aromatic heterocycles. The van der Waals surface area contributed by atoms with Crippen LogP contribution in [0.15, 0.2) is 10.6 Å². The van der Waals surface area contributed by atoms with Gasteiger partial charge in [0.1, 0.15) is 5.76 Å². The molecule has 31 heavy (non-hydrogen) atoms. The summed E-state index contributed by atoms with van der Waals surface area (Å²) in [5.74, 6) is 1.62. The minimum absolute atomic E-state index is 0.121. The molecule has 2 amide bonds. The van der Waals surface area contributed by atoms with Crippen molar-refractivity contribution >= 4 is 11.8 Å². The molecule has 0 aromatic carbocycles. The van der Waals surface area contributed by atoms with Crippen LogP contribution in [0.5, 0.6) is 0 Å². The first-order valence-corrected chi connectivity index (χ1v) is 12.1. The van der Waals surface area contributed by atoms with Crippen molar-refractivity contribution in [1.29, 1.82) is 0 Å². The van der Waals surface area contributed by atoms with Crippen LogP contribution in [0.4, 0.5) is 0 Å². The van der Waals surface area contributed by atoms with Gasteiger partial charge in [-0.2, -0.15) is 0 Å². The Hall–Kier alpha value is -1.89. The van der Waals surface area contributed by atoms with E-state index in [0.717, 1.165) is 50.4 Å². The minimum atomic E-state index is -0.547. The first-order chi connectivity index (χ1) is 15.0. The van der Waals surface area contributed by atoms with E-state index in [-0.39, 0.29) is 11.8 Å². The predicted octanol–water partition coefficient (Wildman–Crippen LogP) is 3.06. The highest BCUT2D eigenvalue weighted by Gasteiger charge is 2.47. The zero-order chi connectivity index (χ0) is 21.8. The predicted molar refractivity (Wildman–Crippen MR) is 119 cm³/mol. The van der Waals surface area contributed by atoms with Gasteiger partial charge in [0.2, 0.25) is 11.8 Å². The van der Waals surface area contributed by atoms with Crippen LogP contribution < -0.4 is 0 Å². The van der Waals surface area contributed by atoms with Crippen LogP contribution in [0.2, 0.25) is 0 Å². The molecule has 1 aliphatic carbocycles. The molecule has 2 aliphatic heterocycles. The Morgan fingerprint density at radius 1 is 1.10 bits per heavy atom. The number of rotatable bonds is 6. The molecule has 3 fully saturated rings. The van der Waals surface area contributed by atoms with Gasteiger partial charge in [-0.15, -0.1) is 0 Å². The summed E-state index contributed by atoms with van der Waals surface area (Å²) in [4.78, 5) is 31.9. The maximum Gasteiger partial charge on any atom is 0.236 e. The molecule has 172 valence electrons. The lowest BCUT2D eigenvalue weighted by Gasteiger charge is -2.31. The van der Waals surface area contributed by atoms with E-state index in [0.29, 0.717) is 25.4 Å². The van der Waals surface area contributed by atoms with E-state index < -0.39 is 5.41 Å². The second-order valence-corrected chi connectivity index (χ2v) is 10.1. The van der Waals surface area contributed by atoms with Gasteiger partial charge < -0.3 is 14.3 Å². The largest absolute Gasteiger partial charge is 0.361 e.